The molecule has 2 aromatic rings. The highest BCUT2D eigenvalue weighted by molar-refractivity contribution is 5.32. The van der Waals surface area contributed by atoms with Crippen LogP contribution in [0.2, 0.25) is 0 Å². The molecule has 2 aromatic carbocycles. The van der Waals surface area contributed by atoms with E-state index in [1.54, 1.807) is 12.1 Å². The first-order chi connectivity index (χ1) is 10.1. The summed E-state index contributed by atoms with van der Waals surface area (Å²) in [7, 11) is 0. The van der Waals surface area contributed by atoms with Crippen LogP contribution in [-0.2, 0) is 0 Å². The third-order valence-electron chi connectivity index (χ3n) is 3.92. The molecule has 3 rings (SSSR count). The third kappa shape index (κ3) is 3.22. The molecule has 1 fully saturated rings. The summed E-state index contributed by atoms with van der Waals surface area (Å²) < 4.78 is 28.5. The first-order valence-electron chi connectivity index (χ1n) is 6.93. The smallest absolute Gasteiger partial charge is 0.387 e. The van der Waals surface area contributed by atoms with Gasteiger partial charge in [0.15, 0.2) is 0 Å². The largest absolute Gasteiger partial charge is 0.435 e. The van der Waals surface area contributed by atoms with Gasteiger partial charge < -0.3 is 9.84 Å². The normalized spacial score (nSPS) is 22.1. The van der Waals surface area contributed by atoms with Gasteiger partial charge >= 0.3 is 6.61 Å². The van der Waals surface area contributed by atoms with Gasteiger partial charge in [-0.25, -0.2) is 0 Å². The van der Waals surface area contributed by atoms with Gasteiger partial charge in [-0.3, -0.25) is 0 Å². The van der Waals surface area contributed by atoms with Crippen molar-refractivity contribution in [3.8, 4) is 5.75 Å². The van der Waals surface area contributed by atoms with E-state index < -0.39 is 12.7 Å². The molecule has 0 spiro atoms. The molecule has 3 unspecified atom stereocenters. The van der Waals surface area contributed by atoms with Crippen molar-refractivity contribution >= 4 is 0 Å². The van der Waals surface area contributed by atoms with Crippen LogP contribution in [-0.4, -0.2) is 11.7 Å². The van der Waals surface area contributed by atoms with Gasteiger partial charge in [0.2, 0.25) is 0 Å². The fourth-order valence-electron chi connectivity index (χ4n) is 2.74. The Balaban J connectivity index is 1.65. The Labute approximate surface area is 122 Å². The van der Waals surface area contributed by atoms with Gasteiger partial charge in [0.05, 0.1) is 6.10 Å². The van der Waals surface area contributed by atoms with Crippen LogP contribution in [0.3, 0.4) is 0 Å². The predicted octanol–water partition coefficient (Wildman–Crippen LogP) is 4.13. The lowest BCUT2D eigenvalue weighted by Crippen LogP contribution is -2.04. The summed E-state index contributed by atoms with van der Waals surface area (Å²) in [4.78, 5) is 0. The number of aliphatic hydroxyl groups excluding tert-OH is 1. The van der Waals surface area contributed by atoms with Crippen molar-refractivity contribution in [1.82, 2.24) is 0 Å². The second kappa shape index (κ2) is 5.82. The van der Waals surface area contributed by atoms with Gasteiger partial charge in [-0.05, 0) is 41.5 Å². The lowest BCUT2D eigenvalue weighted by molar-refractivity contribution is -0.0498. The summed E-state index contributed by atoms with van der Waals surface area (Å²) in [6, 6.07) is 16.3. The topological polar surface area (TPSA) is 29.5 Å². The third-order valence-corrected chi connectivity index (χ3v) is 3.92. The van der Waals surface area contributed by atoms with Crippen LogP contribution >= 0.6 is 0 Å². The Kier molecular flexibility index (Phi) is 3.88. The zero-order valence-corrected chi connectivity index (χ0v) is 11.3. The van der Waals surface area contributed by atoms with Crippen LogP contribution < -0.4 is 4.74 Å². The second-order valence-corrected chi connectivity index (χ2v) is 5.31. The molecular formula is C17H16F2O2. The summed E-state index contributed by atoms with van der Waals surface area (Å²) in [6.45, 7) is -2.83. The molecule has 1 aliphatic carbocycles. The average Bonchev–Trinajstić information content (AvgIpc) is 3.28. The lowest BCUT2D eigenvalue weighted by Gasteiger charge is -2.12. The summed E-state index contributed by atoms with van der Waals surface area (Å²) >= 11 is 0. The Morgan fingerprint density at radius 3 is 2.29 bits per heavy atom. The minimum atomic E-state index is -2.83. The SMILES string of the molecule is OC(c1ccc(OC(F)F)cc1)C1CC1c1ccccc1. The molecule has 2 nitrogen and oxygen atoms in total. The summed E-state index contributed by atoms with van der Waals surface area (Å²) in [5.41, 5.74) is 1.97. The monoisotopic (exact) mass is 290 g/mol. The molecule has 0 aliphatic heterocycles. The standard InChI is InChI=1S/C17H16F2O2/c18-17(19)21-13-8-6-12(7-9-13)16(20)15-10-14(15)11-4-2-1-3-5-11/h1-9,14-17,20H,10H2. The molecule has 0 aromatic heterocycles. The highest BCUT2D eigenvalue weighted by Gasteiger charge is 2.43. The number of rotatable bonds is 5. The van der Waals surface area contributed by atoms with Crippen molar-refractivity contribution in [3.63, 3.8) is 0 Å². The maximum Gasteiger partial charge on any atom is 0.387 e. The van der Waals surface area contributed by atoms with Gasteiger partial charge in [0.1, 0.15) is 5.75 Å². The average molecular weight is 290 g/mol. The van der Waals surface area contributed by atoms with E-state index in [0.717, 1.165) is 12.0 Å². The summed E-state index contributed by atoms with van der Waals surface area (Å²) in [5.74, 6) is 0.670. The highest BCUT2D eigenvalue weighted by Crippen LogP contribution is 2.54. The Bertz CT molecular complexity index is 583. The number of benzene rings is 2. The summed E-state index contributed by atoms with van der Waals surface area (Å²) in [5, 5.41) is 10.4. The van der Waals surface area contributed by atoms with Gasteiger partial charge in [-0.1, -0.05) is 42.5 Å². The molecule has 0 bridgehead atoms. The van der Waals surface area contributed by atoms with Gasteiger partial charge in [-0.15, -0.1) is 0 Å². The molecule has 4 heteroatoms. The number of hydrogen-bond donors (Lipinski definition) is 1. The molecule has 1 aliphatic rings. The van der Waals surface area contributed by atoms with Crippen molar-refractivity contribution < 1.29 is 18.6 Å². The highest BCUT2D eigenvalue weighted by atomic mass is 19.3. The van der Waals surface area contributed by atoms with Crippen LogP contribution in [0.5, 0.6) is 5.75 Å². The van der Waals surface area contributed by atoms with Crippen LogP contribution in [0.1, 0.15) is 29.6 Å². The van der Waals surface area contributed by atoms with Crippen molar-refractivity contribution in [2.24, 2.45) is 5.92 Å². The van der Waals surface area contributed by atoms with Crippen molar-refractivity contribution in [2.75, 3.05) is 0 Å². The maximum atomic E-state index is 12.1. The van der Waals surface area contributed by atoms with Gasteiger partial charge in [-0.2, -0.15) is 8.78 Å². The van der Waals surface area contributed by atoms with E-state index in [2.05, 4.69) is 16.9 Å². The number of hydrogen-bond acceptors (Lipinski definition) is 2. The molecule has 21 heavy (non-hydrogen) atoms. The molecule has 0 radical (unpaired) electrons. The van der Waals surface area contributed by atoms with E-state index in [1.165, 1.54) is 17.7 Å². The molecular weight excluding hydrogens is 274 g/mol. The summed E-state index contributed by atoms with van der Waals surface area (Å²) in [6.07, 6.45) is 0.372. The van der Waals surface area contributed by atoms with E-state index in [9.17, 15) is 13.9 Å². The molecule has 0 amide bonds. The molecule has 1 saturated carbocycles. The maximum absolute atomic E-state index is 12.1. The molecule has 3 atom stereocenters. The van der Waals surface area contributed by atoms with Crippen molar-refractivity contribution in [1.29, 1.82) is 0 Å². The van der Waals surface area contributed by atoms with Crippen molar-refractivity contribution in [2.45, 2.75) is 25.1 Å². The Morgan fingerprint density at radius 1 is 1.00 bits per heavy atom. The van der Waals surface area contributed by atoms with Crippen LogP contribution in [0, 0.1) is 5.92 Å². The number of ether oxygens (including phenoxy) is 1. The van der Waals surface area contributed by atoms with Crippen LogP contribution in [0.15, 0.2) is 54.6 Å². The fraction of sp³-hybridized carbons (Fsp3) is 0.294. The lowest BCUT2D eigenvalue weighted by atomic mass is 10.0. The Morgan fingerprint density at radius 2 is 1.67 bits per heavy atom. The molecule has 0 heterocycles. The Hall–Kier alpha value is -1.94. The minimum absolute atomic E-state index is 0.108. The first kappa shape index (κ1) is 14.0. The fourth-order valence-corrected chi connectivity index (χ4v) is 2.74. The van der Waals surface area contributed by atoms with E-state index in [4.69, 9.17) is 0 Å². The van der Waals surface area contributed by atoms with E-state index >= 15 is 0 Å². The van der Waals surface area contributed by atoms with Crippen LogP contribution in [0.4, 0.5) is 8.78 Å². The first-order valence-corrected chi connectivity index (χ1v) is 6.93. The van der Waals surface area contributed by atoms with E-state index in [1.807, 2.05) is 18.2 Å². The van der Waals surface area contributed by atoms with E-state index in [0.29, 0.717) is 5.92 Å². The second-order valence-electron chi connectivity index (χ2n) is 5.31. The molecule has 110 valence electrons. The number of aliphatic hydroxyl groups is 1. The van der Waals surface area contributed by atoms with Crippen molar-refractivity contribution in [3.05, 3.63) is 65.7 Å². The van der Waals surface area contributed by atoms with E-state index in [-0.39, 0.29) is 11.7 Å². The minimum Gasteiger partial charge on any atom is -0.435 e. The quantitative estimate of drug-likeness (QED) is 0.897. The predicted molar refractivity (Wildman–Crippen MR) is 75.3 cm³/mol. The number of halogens is 2. The number of alkyl halides is 2. The van der Waals surface area contributed by atoms with Crippen LogP contribution in [0.25, 0.3) is 0 Å². The molecule has 0 saturated heterocycles. The zero-order chi connectivity index (χ0) is 14.8. The molecule has 1 N–H and O–H groups in total. The van der Waals surface area contributed by atoms with Gasteiger partial charge in [0, 0.05) is 0 Å². The zero-order valence-electron chi connectivity index (χ0n) is 11.3. The van der Waals surface area contributed by atoms with Gasteiger partial charge in [0.25, 0.3) is 0 Å².